The van der Waals surface area contributed by atoms with Crippen LogP contribution in [0.15, 0.2) is 47.4 Å². The topological polar surface area (TPSA) is 110 Å². The molecule has 29 heavy (non-hydrogen) atoms. The minimum Gasteiger partial charge on any atom is -0.324 e. The highest BCUT2D eigenvalue weighted by molar-refractivity contribution is 7.89. The van der Waals surface area contributed by atoms with E-state index < -0.39 is 15.9 Å². The quantitative estimate of drug-likeness (QED) is 0.652. The Labute approximate surface area is 167 Å². The lowest BCUT2D eigenvalue weighted by Gasteiger charge is -2.15. The minimum atomic E-state index is -3.64. The van der Waals surface area contributed by atoms with Gasteiger partial charge in [-0.2, -0.15) is 4.80 Å². The fraction of sp³-hybridized carbons (Fsp3) is 0.222. The summed E-state index contributed by atoms with van der Waals surface area (Å²) in [6.07, 6.45) is 0. The molecule has 0 radical (unpaired) electrons. The molecule has 0 aliphatic carbocycles. The second-order valence-corrected chi connectivity index (χ2v) is 8.59. The Morgan fingerprint density at radius 2 is 1.86 bits per heavy atom. The van der Waals surface area contributed by atoms with Crippen molar-refractivity contribution in [3.63, 3.8) is 0 Å². The number of hydrogen-bond donors (Lipinski definition) is 1. The second-order valence-electron chi connectivity index (χ2n) is 6.47. The Bertz CT molecular complexity index is 1140. The minimum absolute atomic E-state index is 0.109. The summed E-state index contributed by atoms with van der Waals surface area (Å²) in [6.45, 7) is 1.45. The van der Waals surface area contributed by atoms with Crippen LogP contribution in [0.2, 0.25) is 0 Å². The first-order chi connectivity index (χ1) is 13.7. The van der Waals surface area contributed by atoms with Crippen LogP contribution in [-0.4, -0.2) is 52.9 Å². The maximum Gasteiger partial charge on any atom is 0.248 e. The van der Waals surface area contributed by atoms with Gasteiger partial charge in [0, 0.05) is 25.3 Å². The number of benzene rings is 2. The van der Waals surface area contributed by atoms with Gasteiger partial charge in [-0.25, -0.2) is 17.1 Å². The van der Waals surface area contributed by atoms with Crippen LogP contribution in [-0.2, 0) is 21.4 Å². The first-order valence-corrected chi connectivity index (χ1v) is 9.97. The van der Waals surface area contributed by atoms with Crippen LogP contribution in [0.5, 0.6) is 0 Å². The van der Waals surface area contributed by atoms with E-state index in [0.29, 0.717) is 16.8 Å². The van der Waals surface area contributed by atoms with E-state index in [1.54, 1.807) is 19.1 Å². The number of carbonyl (C=O) groups is 1. The molecule has 11 heteroatoms. The van der Waals surface area contributed by atoms with Gasteiger partial charge in [0.25, 0.3) is 0 Å². The third-order valence-electron chi connectivity index (χ3n) is 4.07. The van der Waals surface area contributed by atoms with E-state index >= 15 is 0 Å². The predicted molar refractivity (Wildman–Crippen MR) is 104 cm³/mol. The van der Waals surface area contributed by atoms with Crippen molar-refractivity contribution in [3.8, 4) is 11.4 Å². The highest BCUT2D eigenvalue weighted by Gasteiger charge is 2.20. The normalized spacial score (nSPS) is 11.6. The summed E-state index contributed by atoms with van der Waals surface area (Å²) in [5, 5.41) is 14.4. The summed E-state index contributed by atoms with van der Waals surface area (Å²) in [4.78, 5) is 13.5. The fourth-order valence-electron chi connectivity index (χ4n) is 2.51. The summed E-state index contributed by atoms with van der Waals surface area (Å²) in [6, 6.07) is 10.2. The van der Waals surface area contributed by atoms with Crippen LogP contribution >= 0.6 is 0 Å². The Morgan fingerprint density at radius 1 is 1.17 bits per heavy atom. The largest absolute Gasteiger partial charge is 0.324 e. The number of amides is 1. The van der Waals surface area contributed by atoms with Gasteiger partial charge in [-0.1, -0.05) is 6.07 Å². The number of rotatable bonds is 6. The maximum absolute atomic E-state index is 13.0. The molecule has 1 aromatic heterocycles. The van der Waals surface area contributed by atoms with Crippen molar-refractivity contribution in [1.82, 2.24) is 24.5 Å². The lowest BCUT2D eigenvalue weighted by molar-refractivity contribution is -0.117. The van der Waals surface area contributed by atoms with Crippen molar-refractivity contribution in [1.29, 1.82) is 0 Å². The summed E-state index contributed by atoms with van der Waals surface area (Å²) < 4.78 is 38.9. The molecule has 152 valence electrons. The fourth-order valence-corrected chi connectivity index (χ4v) is 3.65. The van der Waals surface area contributed by atoms with Crippen LogP contribution in [0.25, 0.3) is 11.4 Å². The number of halogens is 1. The van der Waals surface area contributed by atoms with Gasteiger partial charge >= 0.3 is 0 Å². The molecule has 0 bridgehead atoms. The van der Waals surface area contributed by atoms with Crippen LogP contribution < -0.4 is 5.32 Å². The van der Waals surface area contributed by atoms with E-state index in [9.17, 15) is 17.6 Å². The second kappa shape index (κ2) is 8.05. The lowest BCUT2D eigenvalue weighted by atomic mass is 10.2. The molecule has 0 spiro atoms. The van der Waals surface area contributed by atoms with E-state index in [0.717, 1.165) is 9.10 Å². The Hall–Kier alpha value is -3.18. The number of hydrogen-bond acceptors (Lipinski definition) is 6. The van der Waals surface area contributed by atoms with Gasteiger partial charge in [0.15, 0.2) is 0 Å². The molecule has 0 atom stereocenters. The van der Waals surface area contributed by atoms with E-state index in [1.807, 2.05) is 0 Å². The molecule has 3 rings (SSSR count). The molecule has 0 unspecified atom stereocenters. The van der Waals surface area contributed by atoms with E-state index in [1.165, 1.54) is 44.4 Å². The molecule has 0 saturated heterocycles. The standard InChI is InChI=1S/C18H19FN6O3S/c1-12-4-9-15(10-16(12)29(27,28)24(2)3)20-17(26)11-25-22-18(21-23-25)13-5-7-14(19)8-6-13/h4-10H,11H2,1-3H3,(H,20,26). The van der Waals surface area contributed by atoms with Crippen molar-refractivity contribution >= 4 is 21.6 Å². The van der Waals surface area contributed by atoms with Crippen LogP contribution in [0.4, 0.5) is 10.1 Å². The Morgan fingerprint density at radius 3 is 2.52 bits per heavy atom. The van der Waals surface area contributed by atoms with E-state index in [2.05, 4.69) is 20.7 Å². The molecule has 0 fully saturated rings. The average molecular weight is 418 g/mol. The number of anilines is 1. The van der Waals surface area contributed by atoms with Gasteiger partial charge in [0.05, 0.1) is 4.90 Å². The number of carbonyl (C=O) groups excluding carboxylic acids is 1. The van der Waals surface area contributed by atoms with Crippen molar-refractivity contribution < 1.29 is 17.6 Å². The molecule has 1 N–H and O–H groups in total. The molecular weight excluding hydrogens is 399 g/mol. The van der Waals surface area contributed by atoms with Crippen molar-refractivity contribution in [2.45, 2.75) is 18.4 Å². The SMILES string of the molecule is Cc1ccc(NC(=O)Cn2nnc(-c3ccc(F)cc3)n2)cc1S(=O)(=O)N(C)C. The van der Waals surface area contributed by atoms with Crippen LogP contribution in [0.3, 0.4) is 0 Å². The number of nitrogens with zero attached hydrogens (tertiary/aromatic N) is 5. The predicted octanol–water partition coefficient (Wildman–Crippen LogP) is 1.68. The van der Waals surface area contributed by atoms with Crippen LogP contribution in [0.1, 0.15) is 5.56 Å². The van der Waals surface area contributed by atoms with Crippen molar-refractivity contribution in [2.75, 3.05) is 19.4 Å². The van der Waals surface area contributed by atoms with Crippen molar-refractivity contribution in [2.24, 2.45) is 0 Å². The summed E-state index contributed by atoms with van der Waals surface area (Å²) >= 11 is 0. The van der Waals surface area contributed by atoms with Gasteiger partial charge in [-0.3, -0.25) is 4.79 Å². The zero-order chi connectivity index (χ0) is 21.2. The van der Waals surface area contributed by atoms with Gasteiger partial charge < -0.3 is 5.32 Å². The summed E-state index contributed by atoms with van der Waals surface area (Å²) in [5.74, 6) is -0.577. The highest BCUT2D eigenvalue weighted by Crippen LogP contribution is 2.22. The van der Waals surface area contributed by atoms with Gasteiger partial charge in [-0.05, 0) is 54.1 Å². The average Bonchev–Trinajstić information content (AvgIpc) is 3.12. The van der Waals surface area contributed by atoms with Crippen LogP contribution in [0, 0.1) is 12.7 Å². The monoisotopic (exact) mass is 418 g/mol. The third-order valence-corrected chi connectivity index (χ3v) is 6.03. The van der Waals surface area contributed by atoms with Gasteiger partial charge in [0.1, 0.15) is 12.4 Å². The van der Waals surface area contributed by atoms with Gasteiger partial charge in [-0.15, -0.1) is 10.2 Å². The summed E-state index contributed by atoms with van der Waals surface area (Å²) in [5.41, 5.74) is 1.47. The van der Waals surface area contributed by atoms with Crippen molar-refractivity contribution in [3.05, 3.63) is 53.8 Å². The first kappa shape index (κ1) is 20.6. The van der Waals surface area contributed by atoms with E-state index in [-0.39, 0.29) is 23.1 Å². The zero-order valence-corrected chi connectivity index (χ0v) is 16.8. The Balaban J connectivity index is 1.73. The number of nitrogens with one attached hydrogen (secondary N) is 1. The molecule has 0 aliphatic rings. The molecule has 1 heterocycles. The van der Waals surface area contributed by atoms with Gasteiger partial charge in [0.2, 0.25) is 21.8 Å². The molecule has 3 aromatic rings. The summed E-state index contributed by atoms with van der Waals surface area (Å²) in [7, 11) is -0.760. The molecular formula is C18H19FN6O3S. The van der Waals surface area contributed by atoms with E-state index in [4.69, 9.17) is 0 Å². The number of aryl methyl sites for hydroxylation is 1. The lowest BCUT2D eigenvalue weighted by Crippen LogP contribution is -2.24. The smallest absolute Gasteiger partial charge is 0.248 e. The number of aromatic nitrogens is 4. The molecule has 2 aromatic carbocycles. The molecule has 0 aliphatic heterocycles. The molecule has 1 amide bonds. The first-order valence-electron chi connectivity index (χ1n) is 8.53. The molecule has 0 saturated carbocycles. The Kier molecular flexibility index (Phi) is 5.71. The highest BCUT2D eigenvalue weighted by atomic mass is 32.2. The zero-order valence-electron chi connectivity index (χ0n) is 16.0. The molecule has 9 nitrogen and oxygen atoms in total. The number of sulfonamides is 1. The third kappa shape index (κ3) is 4.63. The maximum atomic E-state index is 13.0. The number of tetrazole rings is 1.